The van der Waals surface area contributed by atoms with Crippen LogP contribution in [-0.2, 0) is 9.84 Å². The van der Waals surface area contributed by atoms with Crippen molar-refractivity contribution in [2.24, 2.45) is 0 Å². The van der Waals surface area contributed by atoms with Crippen LogP contribution < -0.4 is 0 Å². The summed E-state index contributed by atoms with van der Waals surface area (Å²) in [5.74, 6) is 0. The molecule has 0 unspecified atom stereocenters. The summed E-state index contributed by atoms with van der Waals surface area (Å²) in [5.41, 5.74) is -0.505. The molecule has 0 aromatic heterocycles. The van der Waals surface area contributed by atoms with Crippen molar-refractivity contribution in [1.82, 2.24) is 4.90 Å². The molecule has 1 N–H and O–H groups in total. The van der Waals surface area contributed by atoms with E-state index >= 15 is 0 Å². The number of sulfone groups is 1. The molecule has 1 atom stereocenters. The van der Waals surface area contributed by atoms with Gasteiger partial charge in [-0.05, 0) is 27.1 Å². The zero-order valence-corrected chi connectivity index (χ0v) is 12.3. The van der Waals surface area contributed by atoms with Crippen molar-refractivity contribution in [1.29, 1.82) is 5.41 Å². The Labute approximate surface area is 117 Å². The number of nitrogens with one attached hydrogen (secondary N) is 1. The molecule has 1 aromatic rings. The lowest BCUT2D eigenvalue weighted by Crippen LogP contribution is -2.29. The number of benzene rings is 1. The summed E-state index contributed by atoms with van der Waals surface area (Å²) in [4.78, 5) is 11.5. The van der Waals surface area contributed by atoms with Gasteiger partial charge >= 0.3 is 0 Å². The molecule has 0 aliphatic carbocycles. The van der Waals surface area contributed by atoms with Crippen molar-refractivity contribution >= 4 is 20.6 Å². The highest BCUT2D eigenvalue weighted by molar-refractivity contribution is 8.06. The van der Waals surface area contributed by atoms with Crippen LogP contribution in [0.1, 0.15) is 13.3 Å². The molecule has 110 valence electrons. The van der Waals surface area contributed by atoms with E-state index in [0.717, 1.165) is 12.1 Å². The van der Waals surface area contributed by atoms with Gasteiger partial charge in [0.1, 0.15) is 5.04 Å². The molecule has 0 saturated carbocycles. The molecule has 20 heavy (non-hydrogen) atoms. The van der Waals surface area contributed by atoms with Crippen molar-refractivity contribution in [2.45, 2.75) is 24.3 Å². The van der Waals surface area contributed by atoms with Crippen LogP contribution in [0.4, 0.5) is 5.69 Å². The second-order valence-electron chi connectivity index (χ2n) is 4.67. The molecule has 8 heteroatoms. The highest BCUT2D eigenvalue weighted by Crippen LogP contribution is 2.25. The summed E-state index contributed by atoms with van der Waals surface area (Å²) < 4.78 is 24.5. The molecule has 0 radical (unpaired) electrons. The molecule has 0 spiro atoms. The van der Waals surface area contributed by atoms with Gasteiger partial charge in [-0.15, -0.1) is 0 Å². The molecule has 0 amide bonds. The predicted octanol–water partition coefficient (Wildman–Crippen LogP) is 1.69. The first-order valence-corrected chi connectivity index (χ1v) is 7.38. The normalized spacial score (nSPS) is 13.2. The molecular weight excluding hydrogens is 282 g/mol. The van der Waals surface area contributed by atoms with Gasteiger partial charge in [-0.2, -0.15) is 0 Å². The van der Waals surface area contributed by atoms with E-state index in [1.54, 1.807) is 25.9 Å². The van der Waals surface area contributed by atoms with Crippen LogP contribution in [0.3, 0.4) is 0 Å². The lowest BCUT2D eigenvalue weighted by atomic mass is 10.2. The van der Waals surface area contributed by atoms with Crippen LogP contribution in [0, 0.1) is 15.5 Å². The molecule has 1 rings (SSSR count). The van der Waals surface area contributed by atoms with Gasteiger partial charge in [-0.1, -0.05) is 12.1 Å². The topological polar surface area (TPSA) is 104 Å². The Hall–Kier alpha value is -1.80. The summed E-state index contributed by atoms with van der Waals surface area (Å²) in [6.45, 7) is 1.78. The van der Waals surface area contributed by atoms with Crippen LogP contribution in [0.5, 0.6) is 0 Å². The quantitative estimate of drug-likeness (QED) is 0.385. The first-order chi connectivity index (χ1) is 9.17. The van der Waals surface area contributed by atoms with Crippen molar-refractivity contribution in [2.75, 3.05) is 14.1 Å². The van der Waals surface area contributed by atoms with Gasteiger partial charge in [0.15, 0.2) is 4.90 Å². The summed E-state index contributed by atoms with van der Waals surface area (Å²) in [7, 11) is -0.582. The monoisotopic (exact) mass is 299 g/mol. The molecule has 0 heterocycles. The Kier molecular flexibility index (Phi) is 4.96. The molecule has 0 saturated heterocycles. The molecular formula is C12H17N3O4S. The SMILES string of the molecule is C[C@@H](CC(=N)S(=O)(=O)c1ccccc1[N+](=O)[O-])N(C)C. The molecule has 0 fully saturated rings. The van der Waals surface area contributed by atoms with Crippen molar-refractivity contribution < 1.29 is 13.3 Å². The zero-order valence-electron chi connectivity index (χ0n) is 11.5. The van der Waals surface area contributed by atoms with Gasteiger partial charge in [0, 0.05) is 18.5 Å². The number of hydrogen-bond acceptors (Lipinski definition) is 6. The van der Waals surface area contributed by atoms with E-state index in [0.29, 0.717) is 0 Å². The number of nitrogens with zero attached hydrogens (tertiary/aromatic N) is 2. The van der Waals surface area contributed by atoms with Crippen LogP contribution >= 0.6 is 0 Å². The number of nitro benzene ring substituents is 1. The van der Waals surface area contributed by atoms with E-state index in [1.807, 2.05) is 0 Å². The second-order valence-corrected chi connectivity index (χ2v) is 6.61. The Bertz CT molecular complexity index is 625. The van der Waals surface area contributed by atoms with Crippen LogP contribution in [-0.4, -0.2) is 43.4 Å². The summed E-state index contributed by atoms with van der Waals surface area (Å²) >= 11 is 0. The summed E-state index contributed by atoms with van der Waals surface area (Å²) in [6, 6.07) is 4.92. The zero-order chi connectivity index (χ0) is 15.5. The van der Waals surface area contributed by atoms with Gasteiger partial charge in [-0.25, -0.2) is 8.42 Å². The second kappa shape index (κ2) is 6.10. The highest BCUT2D eigenvalue weighted by Gasteiger charge is 2.30. The minimum absolute atomic E-state index is 0.00137. The van der Waals surface area contributed by atoms with E-state index in [2.05, 4.69) is 0 Å². The third-order valence-corrected chi connectivity index (χ3v) is 4.78. The first-order valence-electron chi connectivity index (χ1n) is 5.90. The van der Waals surface area contributed by atoms with Crippen molar-refractivity contribution in [3.8, 4) is 0 Å². The van der Waals surface area contributed by atoms with Gasteiger partial charge in [0.05, 0.1) is 4.92 Å². The molecule has 1 aromatic carbocycles. The number of para-hydroxylation sites is 1. The lowest BCUT2D eigenvalue weighted by molar-refractivity contribution is -0.387. The van der Waals surface area contributed by atoms with E-state index in [4.69, 9.17) is 5.41 Å². The lowest BCUT2D eigenvalue weighted by Gasteiger charge is -2.19. The molecule has 0 bridgehead atoms. The van der Waals surface area contributed by atoms with Crippen LogP contribution in [0.25, 0.3) is 0 Å². The summed E-state index contributed by atoms with van der Waals surface area (Å²) in [5, 5.41) is 18.1. The molecule has 7 nitrogen and oxygen atoms in total. The fourth-order valence-corrected chi connectivity index (χ4v) is 2.93. The van der Waals surface area contributed by atoms with E-state index in [-0.39, 0.29) is 12.5 Å². The first kappa shape index (κ1) is 16.3. The standard InChI is InChI=1S/C12H17N3O4S/c1-9(14(2)3)8-12(13)20(18,19)11-7-5-4-6-10(11)15(16)17/h4-7,9,13H,8H2,1-3H3/t9-/m0/s1. The average Bonchev–Trinajstić information content (AvgIpc) is 2.38. The fourth-order valence-electron chi connectivity index (χ4n) is 1.53. The highest BCUT2D eigenvalue weighted by atomic mass is 32.2. The third kappa shape index (κ3) is 3.40. The average molecular weight is 299 g/mol. The maximum Gasteiger partial charge on any atom is 0.288 e. The largest absolute Gasteiger partial charge is 0.306 e. The smallest absolute Gasteiger partial charge is 0.288 e. The maximum atomic E-state index is 12.3. The number of nitro groups is 1. The van der Waals surface area contributed by atoms with Crippen LogP contribution in [0.15, 0.2) is 29.2 Å². The third-order valence-electron chi connectivity index (χ3n) is 3.04. The maximum absolute atomic E-state index is 12.3. The van der Waals surface area contributed by atoms with E-state index in [9.17, 15) is 18.5 Å². The molecule has 0 aliphatic heterocycles. The van der Waals surface area contributed by atoms with Gasteiger partial charge < -0.3 is 4.90 Å². The molecule has 0 aliphatic rings. The number of hydrogen-bond donors (Lipinski definition) is 1. The Morgan fingerprint density at radius 2 is 1.95 bits per heavy atom. The predicted molar refractivity (Wildman–Crippen MR) is 75.8 cm³/mol. The Morgan fingerprint density at radius 1 is 1.40 bits per heavy atom. The minimum atomic E-state index is -4.13. The number of rotatable bonds is 5. The van der Waals surface area contributed by atoms with Crippen molar-refractivity contribution in [3.63, 3.8) is 0 Å². The Balaban J connectivity index is 3.18. The van der Waals surface area contributed by atoms with Gasteiger partial charge in [0.2, 0.25) is 9.84 Å². The minimum Gasteiger partial charge on any atom is -0.306 e. The summed E-state index contributed by atoms with van der Waals surface area (Å²) in [6.07, 6.45) is 0.00137. The van der Waals surface area contributed by atoms with E-state index < -0.39 is 30.4 Å². The van der Waals surface area contributed by atoms with Crippen molar-refractivity contribution in [3.05, 3.63) is 34.4 Å². The Morgan fingerprint density at radius 3 is 2.45 bits per heavy atom. The van der Waals surface area contributed by atoms with Gasteiger partial charge in [-0.3, -0.25) is 15.5 Å². The van der Waals surface area contributed by atoms with E-state index in [1.165, 1.54) is 12.1 Å². The van der Waals surface area contributed by atoms with Gasteiger partial charge in [0.25, 0.3) is 5.69 Å². The fraction of sp³-hybridized carbons (Fsp3) is 0.417. The van der Waals surface area contributed by atoms with Crippen LogP contribution in [0.2, 0.25) is 0 Å².